The van der Waals surface area contributed by atoms with Crippen molar-refractivity contribution in [3.63, 3.8) is 0 Å². The summed E-state index contributed by atoms with van der Waals surface area (Å²) in [7, 11) is 0. The Morgan fingerprint density at radius 1 is 1.44 bits per heavy atom. The first-order valence-corrected chi connectivity index (χ1v) is 5.24. The van der Waals surface area contributed by atoms with Gasteiger partial charge in [-0.3, -0.25) is 4.79 Å². The van der Waals surface area contributed by atoms with Gasteiger partial charge in [-0.1, -0.05) is 29.8 Å². The van der Waals surface area contributed by atoms with E-state index in [1.54, 1.807) is 0 Å². The quantitative estimate of drug-likeness (QED) is 0.821. The predicted molar refractivity (Wildman–Crippen MR) is 68.8 cm³/mol. The van der Waals surface area contributed by atoms with Crippen molar-refractivity contribution in [3.05, 3.63) is 35.4 Å². The fraction of sp³-hybridized carbons (Fsp3) is 0.417. The summed E-state index contributed by atoms with van der Waals surface area (Å²) in [4.78, 5) is 11.1. The summed E-state index contributed by atoms with van der Waals surface area (Å²) in [6.07, 6.45) is 1.28. The highest BCUT2D eigenvalue weighted by atomic mass is 35.5. The molecule has 0 heterocycles. The summed E-state index contributed by atoms with van der Waals surface area (Å²) in [5.74, 6) is 0.0325. The largest absolute Gasteiger partial charge is 0.356 e. The first-order chi connectivity index (χ1) is 7.22. The number of nitrogens with two attached hydrogens (primary N) is 1. The van der Waals surface area contributed by atoms with Crippen LogP contribution in [-0.2, 0) is 11.2 Å². The van der Waals surface area contributed by atoms with Crippen LogP contribution in [0.1, 0.15) is 17.5 Å². The molecule has 1 aromatic rings. The van der Waals surface area contributed by atoms with E-state index in [2.05, 4.69) is 30.4 Å². The average Bonchev–Trinajstić information content (AvgIpc) is 2.18. The van der Waals surface area contributed by atoms with Crippen LogP contribution in [0.2, 0.25) is 0 Å². The first-order valence-electron chi connectivity index (χ1n) is 5.24. The monoisotopic (exact) mass is 242 g/mol. The van der Waals surface area contributed by atoms with Crippen molar-refractivity contribution < 1.29 is 4.79 Å². The van der Waals surface area contributed by atoms with Gasteiger partial charge in [0.05, 0.1) is 0 Å². The van der Waals surface area contributed by atoms with Crippen LogP contribution >= 0.6 is 12.4 Å². The van der Waals surface area contributed by atoms with Gasteiger partial charge in [0, 0.05) is 19.5 Å². The first kappa shape index (κ1) is 14.9. The zero-order valence-corrected chi connectivity index (χ0v) is 10.3. The van der Waals surface area contributed by atoms with Crippen molar-refractivity contribution in [2.75, 3.05) is 13.1 Å². The molecule has 0 aliphatic carbocycles. The van der Waals surface area contributed by atoms with E-state index in [0.29, 0.717) is 19.5 Å². The Labute approximate surface area is 103 Å². The van der Waals surface area contributed by atoms with Crippen molar-refractivity contribution in [2.45, 2.75) is 19.8 Å². The van der Waals surface area contributed by atoms with E-state index in [1.165, 1.54) is 11.1 Å². The van der Waals surface area contributed by atoms with Gasteiger partial charge in [-0.2, -0.15) is 0 Å². The maximum absolute atomic E-state index is 11.1. The minimum absolute atomic E-state index is 0. The van der Waals surface area contributed by atoms with Crippen LogP contribution in [0.4, 0.5) is 0 Å². The predicted octanol–water partition coefficient (Wildman–Crippen LogP) is 1.42. The van der Waals surface area contributed by atoms with Crippen LogP contribution in [0.25, 0.3) is 0 Å². The molecule has 0 saturated carbocycles. The third kappa shape index (κ3) is 5.73. The van der Waals surface area contributed by atoms with Crippen molar-refractivity contribution in [1.29, 1.82) is 0 Å². The van der Waals surface area contributed by atoms with Gasteiger partial charge >= 0.3 is 0 Å². The molecule has 4 heteroatoms. The summed E-state index contributed by atoms with van der Waals surface area (Å²) in [6.45, 7) is 3.16. The lowest BCUT2D eigenvalue weighted by atomic mass is 10.1. The third-order valence-electron chi connectivity index (χ3n) is 2.19. The normalized spacial score (nSPS) is 9.38. The standard InChI is InChI=1S/C12H18N2O.ClH/c1-10-3-2-4-11(9-10)6-8-14-12(15)5-7-13;/h2-4,9H,5-8,13H2,1H3,(H,14,15);1H. The number of hydrogen-bond acceptors (Lipinski definition) is 2. The number of rotatable bonds is 5. The number of nitrogens with one attached hydrogen (secondary N) is 1. The Kier molecular flexibility index (Phi) is 7.60. The van der Waals surface area contributed by atoms with Crippen LogP contribution in [0.5, 0.6) is 0 Å². The van der Waals surface area contributed by atoms with Crippen LogP contribution in [0.3, 0.4) is 0 Å². The number of carbonyl (C=O) groups excluding carboxylic acids is 1. The van der Waals surface area contributed by atoms with Crippen LogP contribution in [-0.4, -0.2) is 19.0 Å². The van der Waals surface area contributed by atoms with Crippen LogP contribution in [0, 0.1) is 6.92 Å². The lowest BCUT2D eigenvalue weighted by Crippen LogP contribution is -2.27. The lowest BCUT2D eigenvalue weighted by Gasteiger charge is -2.04. The lowest BCUT2D eigenvalue weighted by molar-refractivity contribution is -0.120. The van der Waals surface area contributed by atoms with E-state index in [4.69, 9.17) is 5.73 Å². The maximum atomic E-state index is 11.1. The number of halogens is 1. The summed E-state index contributed by atoms with van der Waals surface area (Å²) >= 11 is 0. The zero-order valence-electron chi connectivity index (χ0n) is 9.53. The second-order valence-corrected chi connectivity index (χ2v) is 3.63. The second-order valence-electron chi connectivity index (χ2n) is 3.63. The molecule has 3 N–H and O–H groups in total. The molecule has 0 aliphatic rings. The minimum atomic E-state index is 0. The molecular formula is C12H19ClN2O. The van der Waals surface area contributed by atoms with E-state index >= 15 is 0 Å². The van der Waals surface area contributed by atoms with Crippen molar-refractivity contribution >= 4 is 18.3 Å². The van der Waals surface area contributed by atoms with E-state index in [9.17, 15) is 4.79 Å². The highest BCUT2D eigenvalue weighted by Gasteiger charge is 1.98. The molecule has 0 atom stereocenters. The van der Waals surface area contributed by atoms with Crippen LogP contribution < -0.4 is 11.1 Å². The highest BCUT2D eigenvalue weighted by Crippen LogP contribution is 2.03. The molecule has 0 aromatic heterocycles. The Morgan fingerprint density at radius 3 is 2.81 bits per heavy atom. The van der Waals surface area contributed by atoms with Gasteiger partial charge in [-0.25, -0.2) is 0 Å². The molecule has 0 bridgehead atoms. The molecule has 0 radical (unpaired) electrons. The highest BCUT2D eigenvalue weighted by molar-refractivity contribution is 5.85. The van der Waals surface area contributed by atoms with Crippen LogP contribution in [0.15, 0.2) is 24.3 Å². The van der Waals surface area contributed by atoms with E-state index in [-0.39, 0.29) is 18.3 Å². The molecule has 1 aromatic carbocycles. The number of benzene rings is 1. The van der Waals surface area contributed by atoms with E-state index < -0.39 is 0 Å². The molecule has 1 rings (SSSR count). The summed E-state index contributed by atoms with van der Waals surface area (Å²) < 4.78 is 0. The number of amides is 1. The van der Waals surface area contributed by atoms with Gasteiger partial charge in [0.25, 0.3) is 0 Å². The summed E-state index contributed by atoms with van der Waals surface area (Å²) in [5.41, 5.74) is 7.77. The molecule has 1 amide bonds. The molecule has 0 aliphatic heterocycles. The molecule has 0 spiro atoms. The Morgan fingerprint density at radius 2 is 2.19 bits per heavy atom. The fourth-order valence-electron chi connectivity index (χ4n) is 1.43. The van der Waals surface area contributed by atoms with E-state index in [0.717, 1.165) is 6.42 Å². The van der Waals surface area contributed by atoms with Crippen molar-refractivity contribution in [2.24, 2.45) is 5.73 Å². The van der Waals surface area contributed by atoms with Crippen molar-refractivity contribution in [3.8, 4) is 0 Å². The fourth-order valence-corrected chi connectivity index (χ4v) is 1.43. The van der Waals surface area contributed by atoms with Gasteiger partial charge in [-0.15, -0.1) is 12.4 Å². The zero-order chi connectivity index (χ0) is 11.1. The molecule has 16 heavy (non-hydrogen) atoms. The van der Waals surface area contributed by atoms with Crippen molar-refractivity contribution in [1.82, 2.24) is 5.32 Å². The SMILES string of the molecule is Cc1cccc(CCNC(=O)CCN)c1.Cl. The topological polar surface area (TPSA) is 55.1 Å². The number of hydrogen-bond donors (Lipinski definition) is 2. The van der Waals surface area contributed by atoms with Gasteiger partial charge in [-0.05, 0) is 18.9 Å². The molecule has 0 unspecified atom stereocenters. The molecule has 0 saturated heterocycles. The van der Waals surface area contributed by atoms with E-state index in [1.807, 2.05) is 6.07 Å². The molecule has 0 fully saturated rings. The molecule has 90 valence electrons. The maximum Gasteiger partial charge on any atom is 0.221 e. The minimum Gasteiger partial charge on any atom is -0.356 e. The van der Waals surface area contributed by atoms with Gasteiger partial charge in [0.1, 0.15) is 0 Å². The third-order valence-corrected chi connectivity index (χ3v) is 2.19. The van der Waals surface area contributed by atoms with Gasteiger partial charge < -0.3 is 11.1 Å². The average molecular weight is 243 g/mol. The summed E-state index contributed by atoms with van der Waals surface area (Å²) in [5, 5.41) is 2.83. The smallest absolute Gasteiger partial charge is 0.221 e. The Balaban J connectivity index is 0.00000225. The number of aryl methyl sites for hydroxylation is 1. The summed E-state index contributed by atoms with van der Waals surface area (Å²) in [6, 6.07) is 8.31. The Hall–Kier alpha value is -1.06. The van der Waals surface area contributed by atoms with Gasteiger partial charge in [0.2, 0.25) is 5.91 Å². The Bertz CT molecular complexity index is 329. The molecule has 3 nitrogen and oxygen atoms in total. The second kappa shape index (κ2) is 8.13. The number of carbonyl (C=O) groups is 1. The molecular weight excluding hydrogens is 224 g/mol. The van der Waals surface area contributed by atoms with Gasteiger partial charge in [0.15, 0.2) is 0 Å².